The van der Waals surface area contributed by atoms with Crippen molar-refractivity contribution in [3.63, 3.8) is 0 Å². The van der Waals surface area contributed by atoms with Crippen LogP contribution in [0.1, 0.15) is 62.5 Å². The quantitative estimate of drug-likeness (QED) is 0.398. The number of likely N-dealkylation sites (N-methyl/N-ethyl adjacent to an activating group) is 1. The molecule has 0 radical (unpaired) electrons. The van der Waals surface area contributed by atoms with Crippen LogP contribution in [0.25, 0.3) is 0 Å². The summed E-state index contributed by atoms with van der Waals surface area (Å²) in [7, 11) is 2.13. The lowest BCUT2D eigenvalue weighted by Crippen LogP contribution is -2.49. The molecule has 1 saturated heterocycles. The maximum atomic E-state index is 13.2. The lowest BCUT2D eigenvalue weighted by atomic mass is 10.2. The number of aromatic nitrogens is 1. The number of rotatable bonds is 9. The Morgan fingerprint density at radius 3 is 2.37 bits per heavy atom. The van der Waals surface area contributed by atoms with E-state index in [1.54, 1.807) is 43.8 Å². The average molecular weight is 586 g/mol. The zero-order valence-corrected chi connectivity index (χ0v) is 25.4. The van der Waals surface area contributed by atoms with Gasteiger partial charge in [0.2, 0.25) is 0 Å². The third-order valence-electron chi connectivity index (χ3n) is 7.23. The van der Waals surface area contributed by atoms with E-state index < -0.39 is 17.6 Å². The van der Waals surface area contributed by atoms with Gasteiger partial charge in [-0.2, -0.15) is 0 Å². The topological polar surface area (TPSA) is 119 Å². The molecule has 2 aromatic heterocycles. The molecule has 0 unspecified atom stereocenters. The predicted molar refractivity (Wildman–Crippen MR) is 162 cm³/mol. The molecule has 4 rings (SSSR count). The van der Waals surface area contributed by atoms with E-state index in [1.165, 1.54) is 11.3 Å². The molecule has 1 aliphatic heterocycles. The molecule has 2 fully saturated rings. The largest absolute Gasteiger partial charge is 0.444 e. The fourth-order valence-electron chi connectivity index (χ4n) is 4.89. The first-order valence-corrected chi connectivity index (χ1v) is 15.3. The molecule has 12 heteroatoms. The molecule has 1 aliphatic carbocycles. The van der Waals surface area contributed by atoms with Crippen LogP contribution >= 0.6 is 11.3 Å². The summed E-state index contributed by atoms with van der Waals surface area (Å²) in [4.78, 5) is 49.3. The number of hydrogen-bond donors (Lipinski definition) is 3. The Kier molecular flexibility index (Phi) is 10.6. The minimum Gasteiger partial charge on any atom is -0.444 e. The van der Waals surface area contributed by atoms with Gasteiger partial charge in [-0.05, 0) is 52.3 Å². The summed E-state index contributed by atoms with van der Waals surface area (Å²) < 4.78 is 5.30. The van der Waals surface area contributed by atoms with E-state index in [1.807, 2.05) is 11.0 Å². The number of anilines is 2. The monoisotopic (exact) mass is 585 g/mol. The van der Waals surface area contributed by atoms with Gasteiger partial charge < -0.3 is 25.2 Å². The normalized spacial score (nSPS) is 16.8. The van der Waals surface area contributed by atoms with Crippen LogP contribution in [0, 0.1) is 0 Å². The summed E-state index contributed by atoms with van der Waals surface area (Å²) in [5.74, 6) is -0.395. The van der Waals surface area contributed by atoms with Crippen molar-refractivity contribution in [1.82, 2.24) is 25.0 Å². The van der Waals surface area contributed by atoms with Gasteiger partial charge >= 0.3 is 12.1 Å². The molecular formula is C29H43N7O4S. The second-order valence-corrected chi connectivity index (χ2v) is 12.6. The highest BCUT2D eigenvalue weighted by molar-refractivity contribution is 7.09. The number of thiophene rings is 1. The summed E-state index contributed by atoms with van der Waals surface area (Å²) in [6.45, 7) is 11.3. The van der Waals surface area contributed by atoms with Crippen molar-refractivity contribution in [2.24, 2.45) is 0 Å². The third kappa shape index (κ3) is 9.68. The number of hydrogen-bond acceptors (Lipinski definition) is 8. The Morgan fingerprint density at radius 1 is 1.05 bits per heavy atom. The number of nitrogens with one attached hydrogen (secondary N) is 3. The second-order valence-electron chi connectivity index (χ2n) is 11.8. The first-order chi connectivity index (χ1) is 19.6. The molecule has 0 bridgehead atoms. The van der Waals surface area contributed by atoms with Crippen LogP contribution in [0.15, 0.2) is 29.1 Å². The van der Waals surface area contributed by atoms with Crippen LogP contribution in [-0.2, 0) is 11.3 Å². The van der Waals surface area contributed by atoms with Gasteiger partial charge in [0.1, 0.15) is 11.3 Å². The zero-order chi connectivity index (χ0) is 29.4. The van der Waals surface area contributed by atoms with Gasteiger partial charge in [0, 0.05) is 68.8 Å². The number of carbonyl (C=O) groups excluding carboxylic acids is 3. The minimum absolute atomic E-state index is 0.0460. The first-order valence-electron chi connectivity index (χ1n) is 14.3. The van der Waals surface area contributed by atoms with Gasteiger partial charge in [0.25, 0.3) is 5.91 Å². The first kappa shape index (κ1) is 30.7. The summed E-state index contributed by atoms with van der Waals surface area (Å²) >= 11 is 1.35. The van der Waals surface area contributed by atoms with Crippen molar-refractivity contribution < 1.29 is 19.1 Å². The highest BCUT2D eigenvalue weighted by Gasteiger charge is 2.23. The van der Waals surface area contributed by atoms with Crippen LogP contribution in [0.5, 0.6) is 0 Å². The zero-order valence-electron chi connectivity index (χ0n) is 24.6. The van der Waals surface area contributed by atoms with Crippen molar-refractivity contribution in [3.05, 3.63) is 40.3 Å². The maximum Gasteiger partial charge on any atom is 0.412 e. The molecule has 41 heavy (non-hydrogen) atoms. The van der Waals surface area contributed by atoms with Gasteiger partial charge in [-0.1, -0.05) is 18.9 Å². The Morgan fingerprint density at radius 2 is 1.73 bits per heavy atom. The van der Waals surface area contributed by atoms with Crippen LogP contribution < -0.4 is 16.0 Å². The molecule has 0 aromatic carbocycles. The smallest absolute Gasteiger partial charge is 0.412 e. The molecule has 224 valence electrons. The number of urea groups is 1. The number of pyridine rings is 1. The lowest BCUT2D eigenvalue weighted by Gasteiger charge is -2.34. The standard InChI is InChI=1S/C29H43N7O4S/c1-29(2,3)40-28(39)33-25-20-41-19-24(25)32-26(37)23-10-9-21(17-30-23)18-36(27(38)31-22-7-5-6-8-22)16-15-35-13-11-34(4)12-14-35/h9-10,17,19-20,22H,5-8,11-16,18H2,1-4H3,(H,31,38)(H,32,37)(H,33,39). The van der Waals surface area contributed by atoms with Crippen LogP contribution in [-0.4, -0.2) is 95.7 Å². The number of carbonyl (C=O) groups is 3. The van der Waals surface area contributed by atoms with E-state index in [0.29, 0.717) is 24.5 Å². The fraction of sp³-hybridized carbons (Fsp3) is 0.586. The van der Waals surface area contributed by atoms with Crippen molar-refractivity contribution in [1.29, 1.82) is 0 Å². The molecule has 11 nitrogen and oxygen atoms in total. The van der Waals surface area contributed by atoms with E-state index in [2.05, 4.69) is 37.8 Å². The van der Waals surface area contributed by atoms with Crippen molar-refractivity contribution in [2.75, 3.05) is 56.9 Å². The second kappa shape index (κ2) is 14.1. The summed E-state index contributed by atoms with van der Waals surface area (Å²) in [6, 6.07) is 3.69. The van der Waals surface area contributed by atoms with Gasteiger partial charge in [0.15, 0.2) is 0 Å². The number of amides is 4. The van der Waals surface area contributed by atoms with Crippen LogP contribution in [0.3, 0.4) is 0 Å². The van der Waals surface area contributed by atoms with Crippen molar-refractivity contribution >= 4 is 40.7 Å². The van der Waals surface area contributed by atoms with Crippen LogP contribution in [0.2, 0.25) is 0 Å². The number of nitrogens with zero attached hydrogens (tertiary/aromatic N) is 4. The molecule has 4 amide bonds. The predicted octanol–water partition coefficient (Wildman–Crippen LogP) is 4.44. The molecule has 2 aromatic rings. The summed E-state index contributed by atoms with van der Waals surface area (Å²) in [6.07, 6.45) is 5.43. The molecule has 0 atom stereocenters. The molecule has 0 spiro atoms. The van der Waals surface area contributed by atoms with Crippen molar-refractivity contribution in [2.45, 2.75) is 64.6 Å². The minimum atomic E-state index is -0.632. The summed E-state index contributed by atoms with van der Waals surface area (Å²) in [5.41, 5.74) is 1.38. The molecule has 2 aliphatic rings. The SMILES string of the molecule is CN1CCN(CCN(Cc2ccc(C(=O)Nc3cscc3NC(=O)OC(C)(C)C)nc2)C(=O)NC2CCCC2)CC1. The highest BCUT2D eigenvalue weighted by Crippen LogP contribution is 2.27. The van der Waals surface area contributed by atoms with Gasteiger partial charge in [-0.3, -0.25) is 20.0 Å². The molecule has 3 N–H and O–H groups in total. The van der Waals surface area contributed by atoms with E-state index >= 15 is 0 Å². The Balaban J connectivity index is 1.35. The van der Waals surface area contributed by atoms with E-state index in [0.717, 1.165) is 64.0 Å². The number of ether oxygens (including phenoxy) is 1. The number of piperazine rings is 1. The molecule has 3 heterocycles. The molecular weight excluding hydrogens is 542 g/mol. The Labute approximate surface area is 246 Å². The molecule has 1 saturated carbocycles. The van der Waals surface area contributed by atoms with E-state index in [4.69, 9.17) is 4.74 Å². The average Bonchev–Trinajstić information content (AvgIpc) is 3.59. The van der Waals surface area contributed by atoms with E-state index in [-0.39, 0.29) is 17.8 Å². The fourth-order valence-corrected chi connectivity index (χ4v) is 5.60. The Bertz CT molecular complexity index is 1170. The van der Waals surface area contributed by atoms with Gasteiger partial charge in [-0.25, -0.2) is 9.59 Å². The Hall–Kier alpha value is -3.22. The van der Waals surface area contributed by atoms with Gasteiger partial charge in [-0.15, -0.1) is 11.3 Å². The lowest BCUT2D eigenvalue weighted by molar-refractivity contribution is 0.0635. The van der Waals surface area contributed by atoms with E-state index in [9.17, 15) is 14.4 Å². The van der Waals surface area contributed by atoms with Crippen molar-refractivity contribution in [3.8, 4) is 0 Å². The summed E-state index contributed by atoms with van der Waals surface area (Å²) in [5, 5.41) is 12.2. The highest BCUT2D eigenvalue weighted by atomic mass is 32.1. The third-order valence-corrected chi connectivity index (χ3v) is 7.97. The van der Waals surface area contributed by atoms with Crippen LogP contribution in [0.4, 0.5) is 21.0 Å². The maximum absolute atomic E-state index is 13.2. The van der Waals surface area contributed by atoms with Gasteiger partial charge in [0.05, 0.1) is 11.4 Å².